The molecule has 1 aromatic carbocycles. The lowest BCUT2D eigenvalue weighted by atomic mass is 10.1. The molecule has 0 aliphatic rings. The number of hydrogen-bond donors (Lipinski definition) is 0. The minimum atomic E-state index is -0.145. The van der Waals surface area contributed by atoms with Crippen molar-refractivity contribution in [3.8, 4) is 35.2 Å². The van der Waals surface area contributed by atoms with E-state index < -0.39 is 0 Å². The lowest BCUT2D eigenvalue weighted by Gasteiger charge is -2.07. The third-order valence-corrected chi connectivity index (χ3v) is 4.25. The number of pyridine rings is 2. The Hall–Kier alpha value is -3.98. The SMILES string of the molecule is C#Cc1cncc(Cn2cc(-c3nc(-c4cccc(C)c4)no3)ccc2=O)c1. The molecule has 3 heterocycles. The van der Waals surface area contributed by atoms with Gasteiger partial charge in [-0.2, -0.15) is 4.98 Å². The molecular weight excluding hydrogens is 352 g/mol. The summed E-state index contributed by atoms with van der Waals surface area (Å²) < 4.78 is 6.97. The van der Waals surface area contributed by atoms with Gasteiger partial charge in [-0.05, 0) is 30.7 Å². The van der Waals surface area contributed by atoms with Crippen LogP contribution < -0.4 is 5.56 Å². The molecule has 0 atom stereocenters. The molecule has 0 saturated carbocycles. The van der Waals surface area contributed by atoms with E-state index in [0.717, 1.165) is 16.7 Å². The third kappa shape index (κ3) is 3.60. The Labute approximate surface area is 161 Å². The first-order valence-corrected chi connectivity index (χ1v) is 8.64. The Kier molecular flexibility index (Phi) is 4.56. The van der Waals surface area contributed by atoms with Crippen LogP contribution in [0.4, 0.5) is 0 Å². The molecule has 0 N–H and O–H groups in total. The van der Waals surface area contributed by atoms with Crippen molar-refractivity contribution in [2.24, 2.45) is 0 Å². The van der Waals surface area contributed by atoms with Gasteiger partial charge in [0.25, 0.3) is 11.4 Å². The molecule has 0 fully saturated rings. The number of benzene rings is 1. The van der Waals surface area contributed by atoms with Crippen LogP contribution in [0.2, 0.25) is 0 Å². The summed E-state index contributed by atoms with van der Waals surface area (Å²) in [6.07, 6.45) is 10.4. The predicted molar refractivity (Wildman–Crippen MR) is 105 cm³/mol. The highest BCUT2D eigenvalue weighted by Crippen LogP contribution is 2.22. The predicted octanol–water partition coefficient (Wildman–Crippen LogP) is 3.30. The quantitative estimate of drug-likeness (QED) is 0.517. The van der Waals surface area contributed by atoms with Crippen LogP contribution in [-0.4, -0.2) is 19.7 Å². The standard InChI is InChI=1S/C22H16N4O2/c1-3-16-10-17(12-23-11-16)13-26-14-19(7-8-20(26)27)22-24-21(25-28-22)18-6-4-5-15(2)9-18/h1,4-12,14H,13H2,2H3. The Balaban J connectivity index is 1.66. The van der Waals surface area contributed by atoms with Crippen molar-refractivity contribution in [2.45, 2.75) is 13.5 Å². The molecule has 0 spiro atoms. The topological polar surface area (TPSA) is 73.8 Å². The van der Waals surface area contributed by atoms with Crippen molar-refractivity contribution in [3.05, 3.63) is 88.1 Å². The van der Waals surface area contributed by atoms with Gasteiger partial charge in [0.15, 0.2) is 0 Å². The number of aryl methyl sites for hydroxylation is 1. The summed E-state index contributed by atoms with van der Waals surface area (Å²) in [4.78, 5) is 20.8. The summed E-state index contributed by atoms with van der Waals surface area (Å²) in [6, 6.07) is 12.8. The third-order valence-electron chi connectivity index (χ3n) is 4.25. The fraction of sp³-hybridized carbons (Fsp3) is 0.0909. The van der Waals surface area contributed by atoms with Crippen molar-refractivity contribution in [2.75, 3.05) is 0 Å². The first-order valence-electron chi connectivity index (χ1n) is 8.64. The van der Waals surface area contributed by atoms with Gasteiger partial charge in [-0.15, -0.1) is 6.42 Å². The van der Waals surface area contributed by atoms with Crippen molar-refractivity contribution in [1.29, 1.82) is 0 Å². The van der Waals surface area contributed by atoms with Crippen LogP contribution in [-0.2, 0) is 6.54 Å². The van der Waals surface area contributed by atoms with Crippen LogP contribution in [0, 0.1) is 19.3 Å². The van der Waals surface area contributed by atoms with Gasteiger partial charge in [-0.25, -0.2) is 0 Å². The van der Waals surface area contributed by atoms with Gasteiger partial charge in [0, 0.05) is 35.8 Å². The van der Waals surface area contributed by atoms with E-state index in [1.807, 2.05) is 37.3 Å². The summed E-state index contributed by atoms with van der Waals surface area (Å²) in [5.74, 6) is 3.39. The molecule has 0 bridgehead atoms. The molecule has 0 aliphatic carbocycles. The molecule has 6 heteroatoms. The lowest BCUT2D eigenvalue weighted by molar-refractivity contribution is 0.432. The van der Waals surface area contributed by atoms with Crippen LogP contribution >= 0.6 is 0 Å². The zero-order chi connectivity index (χ0) is 19.5. The number of terminal acetylenes is 1. The summed E-state index contributed by atoms with van der Waals surface area (Å²) in [5, 5.41) is 4.06. The van der Waals surface area contributed by atoms with E-state index >= 15 is 0 Å². The van der Waals surface area contributed by atoms with E-state index in [1.165, 1.54) is 6.07 Å². The average Bonchev–Trinajstić information content (AvgIpc) is 3.20. The maximum Gasteiger partial charge on any atom is 0.259 e. The average molecular weight is 368 g/mol. The van der Waals surface area contributed by atoms with E-state index in [0.29, 0.717) is 29.4 Å². The molecule has 0 amide bonds. The van der Waals surface area contributed by atoms with Crippen LogP contribution in [0.15, 0.2) is 70.4 Å². The summed E-state index contributed by atoms with van der Waals surface area (Å²) in [5.41, 5.74) is 4.00. The number of nitrogens with zero attached hydrogens (tertiary/aromatic N) is 4. The van der Waals surface area contributed by atoms with Gasteiger partial charge in [0.1, 0.15) is 0 Å². The molecular formula is C22H16N4O2. The van der Waals surface area contributed by atoms with Gasteiger partial charge in [0.05, 0.1) is 12.1 Å². The fourth-order valence-corrected chi connectivity index (χ4v) is 2.87. The Morgan fingerprint density at radius 1 is 1.14 bits per heavy atom. The summed E-state index contributed by atoms with van der Waals surface area (Å²) in [7, 11) is 0. The first kappa shape index (κ1) is 17.4. The smallest absolute Gasteiger partial charge is 0.259 e. The molecule has 4 rings (SSSR count). The molecule has 0 aliphatic heterocycles. The highest BCUT2D eigenvalue weighted by atomic mass is 16.5. The van der Waals surface area contributed by atoms with E-state index in [2.05, 4.69) is 21.0 Å². The Morgan fingerprint density at radius 3 is 2.86 bits per heavy atom. The normalized spacial score (nSPS) is 10.6. The van der Waals surface area contributed by atoms with Gasteiger partial charge in [0.2, 0.25) is 5.82 Å². The van der Waals surface area contributed by atoms with Gasteiger partial charge in [-0.1, -0.05) is 34.8 Å². The lowest BCUT2D eigenvalue weighted by Crippen LogP contribution is -2.19. The molecule has 136 valence electrons. The monoisotopic (exact) mass is 368 g/mol. The minimum Gasteiger partial charge on any atom is -0.334 e. The van der Waals surface area contributed by atoms with E-state index in [-0.39, 0.29) is 5.56 Å². The van der Waals surface area contributed by atoms with Gasteiger partial charge < -0.3 is 9.09 Å². The van der Waals surface area contributed by atoms with E-state index in [9.17, 15) is 4.79 Å². The van der Waals surface area contributed by atoms with Crippen molar-refractivity contribution < 1.29 is 4.52 Å². The highest BCUT2D eigenvalue weighted by molar-refractivity contribution is 5.59. The maximum atomic E-state index is 12.3. The molecule has 4 aromatic rings. The van der Waals surface area contributed by atoms with Crippen molar-refractivity contribution >= 4 is 0 Å². The fourth-order valence-electron chi connectivity index (χ4n) is 2.87. The second-order valence-electron chi connectivity index (χ2n) is 6.40. The number of rotatable bonds is 4. The molecule has 0 unspecified atom stereocenters. The molecule has 3 aromatic heterocycles. The van der Waals surface area contributed by atoms with Crippen LogP contribution in [0.1, 0.15) is 16.7 Å². The van der Waals surface area contributed by atoms with Gasteiger partial charge in [-0.3, -0.25) is 9.78 Å². The van der Waals surface area contributed by atoms with Crippen LogP contribution in [0.5, 0.6) is 0 Å². The Morgan fingerprint density at radius 2 is 2.04 bits per heavy atom. The minimum absolute atomic E-state index is 0.145. The summed E-state index contributed by atoms with van der Waals surface area (Å²) in [6.45, 7) is 2.35. The Bertz CT molecular complexity index is 1250. The molecule has 6 nitrogen and oxygen atoms in total. The second kappa shape index (κ2) is 7.33. The van der Waals surface area contributed by atoms with Crippen LogP contribution in [0.3, 0.4) is 0 Å². The van der Waals surface area contributed by atoms with Crippen molar-refractivity contribution in [1.82, 2.24) is 19.7 Å². The van der Waals surface area contributed by atoms with Gasteiger partial charge >= 0.3 is 0 Å². The zero-order valence-electron chi connectivity index (χ0n) is 15.2. The number of aromatic nitrogens is 4. The van der Waals surface area contributed by atoms with E-state index in [4.69, 9.17) is 10.9 Å². The molecule has 28 heavy (non-hydrogen) atoms. The molecule has 0 saturated heterocycles. The first-order chi connectivity index (χ1) is 13.6. The summed E-state index contributed by atoms with van der Waals surface area (Å²) >= 11 is 0. The zero-order valence-corrected chi connectivity index (χ0v) is 15.2. The van der Waals surface area contributed by atoms with E-state index in [1.54, 1.807) is 29.2 Å². The second-order valence-corrected chi connectivity index (χ2v) is 6.40. The van der Waals surface area contributed by atoms with Crippen molar-refractivity contribution in [3.63, 3.8) is 0 Å². The van der Waals surface area contributed by atoms with Crippen LogP contribution in [0.25, 0.3) is 22.8 Å². The molecule has 0 radical (unpaired) electrons. The highest BCUT2D eigenvalue weighted by Gasteiger charge is 2.12. The number of hydrogen-bond acceptors (Lipinski definition) is 5. The largest absolute Gasteiger partial charge is 0.334 e. The maximum absolute atomic E-state index is 12.3.